The molecule has 0 aliphatic carbocycles. The van der Waals surface area contributed by atoms with Gasteiger partial charge >= 0.3 is 0 Å². The molecule has 1 fully saturated rings. The minimum atomic E-state index is -0.264. The van der Waals surface area contributed by atoms with Gasteiger partial charge in [0.25, 0.3) is 0 Å². The minimum absolute atomic E-state index is 0.0278. The number of amides is 2. The van der Waals surface area contributed by atoms with E-state index in [9.17, 15) is 9.59 Å². The molecule has 25 heavy (non-hydrogen) atoms. The highest BCUT2D eigenvalue weighted by Gasteiger charge is 2.33. The molecule has 8 heteroatoms. The van der Waals surface area contributed by atoms with Gasteiger partial charge in [-0.3, -0.25) is 9.59 Å². The second-order valence-electron chi connectivity index (χ2n) is 6.77. The summed E-state index contributed by atoms with van der Waals surface area (Å²) in [5, 5.41) is 11.5. The van der Waals surface area contributed by atoms with E-state index in [4.69, 9.17) is 4.74 Å². The number of ether oxygens (including phenoxy) is 1. The van der Waals surface area contributed by atoms with Gasteiger partial charge in [0.2, 0.25) is 11.8 Å². The molecule has 0 bridgehead atoms. The standard InChI is InChI=1S/C17H27N5O3/c1-25-10-9-21-12-13(11-16(21)23)17(24)18-7-6-15-20-19-14-5-3-2-4-8-22(14)15/h13H,2-12H2,1H3,(H,18,24). The average Bonchev–Trinajstić information content (AvgIpc) is 3.08. The Bertz CT molecular complexity index is 615. The van der Waals surface area contributed by atoms with Crippen LogP contribution in [0.5, 0.6) is 0 Å². The van der Waals surface area contributed by atoms with Crippen LogP contribution in [-0.2, 0) is 33.7 Å². The summed E-state index contributed by atoms with van der Waals surface area (Å²) in [7, 11) is 1.61. The van der Waals surface area contributed by atoms with E-state index in [1.165, 1.54) is 12.8 Å². The van der Waals surface area contributed by atoms with Crippen molar-refractivity contribution in [1.82, 2.24) is 25.0 Å². The first-order valence-electron chi connectivity index (χ1n) is 9.14. The van der Waals surface area contributed by atoms with Crippen LogP contribution >= 0.6 is 0 Å². The normalized spacial score (nSPS) is 20.4. The van der Waals surface area contributed by atoms with Crippen LogP contribution in [0.15, 0.2) is 0 Å². The van der Waals surface area contributed by atoms with E-state index in [1.807, 2.05) is 0 Å². The number of nitrogens with one attached hydrogen (secondary N) is 1. The second kappa shape index (κ2) is 8.42. The van der Waals surface area contributed by atoms with E-state index in [2.05, 4.69) is 20.1 Å². The van der Waals surface area contributed by atoms with E-state index in [0.717, 1.165) is 31.0 Å². The number of fused-ring (bicyclic) bond motifs is 1. The Kier molecular flexibility index (Phi) is 6.01. The van der Waals surface area contributed by atoms with Crippen molar-refractivity contribution in [2.45, 2.75) is 45.1 Å². The summed E-state index contributed by atoms with van der Waals surface area (Å²) in [5.74, 6) is 1.72. The molecule has 8 nitrogen and oxygen atoms in total. The number of nitrogens with zero attached hydrogens (tertiary/aromatic N) is 4. The van der Waals surface area contributed by atoms with Gasteiger partial charge < -0.3 is 19.5 Å². The highest BCUT2D eigenvalue weighted by Crippen LogP contribution is 2.18. The van der Waals surface area contributed by atoms with Crippen molar-refractivity contribution in [2.75, 3.05) is 33.4 Å². The lowest BCUT2D eigenvalue weighted by atomic mass is 10.1. The molecule has 0 saturated carbocycles. The summed E-state index contributed by atoms with van der Waals surface area (Å²) in [5.41, 5.74) is 0. The van der Waals surface area contributed by atoms with E-state index in [-0.39, 0.29) is 24.2 Å². The first kappa shape index (κ1) is 17.8. The zero-order valence-corrected chi connectivity index (χ0v) is 14.9. The van der Waals surface area contributed by atoms with Gasteiger partial charge in [0.15, 0.2) is 0 Å². The van der Waals surface area contributed by atoms with Gasteiger partial charge in [0.05, 0.1) is 12.5 Å². The molecule has 138 valence electrons. The minimum Gasteiger partial charge on any atom is -0.383 e. The van der Waals surface area contributed by atoms with Crippen molar-refractivity contribution in [3.8, 4) is 0 Å². The van der Waals surface area contributed by atoms with Crippen molar-refractivity contribution in [3.05, 3.63) is 11.6 Å². The predicted molar refractivity (Wildman–Crippen MR) is 90.9 cm³/mol. The van der Waals surface area contributed by atoms with Gasteiger partial charge in [-0.05, 0) is 12.8 Å². The zero-order chi connectivity index (χ0) is 17.6. The fraction of sp³-hybridized carbons (Fsp3) is 0.765. The van der Waals surface area contributed by atoms with Gasteiger partial charge in [-0.15, -0.1) is 10.2 Å². The number of aryl methyl sites for hydroxylation is 1. The maximum Gasteiger partial charge on any atom is 0.225 e. The third kappa shape index (κ3) is 4.36. The van der Waals surface area contributed by atoms with Gasteiger partial charge in [-0.1, -0.05) is 6.42 Å². The molecule has 1 unspecified atom stereocenters. The van der Waals surface area contributed by atoms with Crippen LogP contribution in [0.4, 0.5) is 0 Å². The van der Waals surface area contributed by atoms with Crippen LogP contribution in [0.3, 0.4) is 0 Å². The maximum absolute atomic E-state index is 12.3. The Balaban J connectivity index is 1.46. The highest BCUT2D eigenvalue weighted by molar-refractivity contribution is 5.89. The SMILES string of the molecule is COCCN1CC(C(=O)NCCc2nnc3n2CCCCC3)CC1=O. The fourth-order valence-corrected chi connectivity index (χ4v) is 3.54. The number of aromatic nitrogens is 3. The summed E-state index contributed by atoms with van der Waals surface area (Å²) >= 11 is 0. The number of methoxy groups -OCH3 is 1. The number of hydrogen-bond acceptors (Lipinski definition) is 5. The van der Waals surface area contributed by atoms with Crippen molar-refractivity contribution < 1.29 is 14.3 Å². The van der Waals surface area contributed by atoms with Crippen molar-refractivity contribution in [1.29, 1.82) is 0 Å². The van der Waals surface area contributed by atoms with Gasteiger partial charge in [0.1, 0.15) is 11.6 Å². The third-order valence-electron chi connectivity index (χ3n) is 4.98. The molecule has 0 radical (unpaired) electrons. The first-order chi connectivity index (χ1) is 12.2. The maximum atomic E-state index is 12.3. The molecule has 3 rings (SSSR count). The molecule has 2 amide bonds. The summed E-state index contributed by atoms with van der Waals surface area (Å²) in [6.07, 6.45) is 5.51. The Labute approximate surface area is 147 Å². The Morgan fingerprint density at radius 3 is 3.04 bits per heavy atom. The molecule has 2 aliphatic heterocycles. The first-order valence-corrected chi connectivity index (χ1v) is 9.14. The number of rotatable bonds is 7. The van der Waals surface area contributed by atoms with Crippen LogP contribution in [0.2, 0.25) is 0 Å². The summed E-state index contributed by atoms with van der Waals surface area (Å²) in [4.78, 5) is 25.9. The highest BCUT2D eigenvalue weighted by atomic mass is 16.5. The monoisotopic (exact) mass is 349 g/mol. The van der Waals surface area contributed by atoms with Crippen LogP contribution in [-0.4, -0.2) is 64.8 Å². The van der Waals surface area contributed by atoms with Crippen molar-refractivity contribution in [3.63, 3.8) is 0 Å². The van der Waals surface area contributed by atoms with Crippen LogP contribution in [0, 0.1) is 5.92 Å². The third-order valence-corrected chi connectivity index (χ3v) is 4.98. The lowest BCUT2D eigenvalue weighted by Crippen LogP contribution is -2.35. The van der Waals surface area contributed by atoms with Crippen LogP contribution in [0.1, 0.15) is 37.3 Å². The Morgan fingerprint density at radius 1 is 1.32 bits per heavy atom. The predicted octanol–water partition coefficient (Wildman–Crippen LogP) is 0.158. The summed E-state index contributed by atoms with van der Waals surface area (Å²) in [6.45, 7) is 3.02. The molecule has 1 aromatic heterocycles. The van der Waals surface area contributed by atoms with Crippen molar-refractivity contribution >= 4 is 11.8 Å². The van der Waals surface area contributed by atoms with E-state index in [0.29, 0.717) is 32.7 Å². The molecule has 0 spiro atoms. The number of carbonyl (C=O) groups excluding carboxylic acids is 2. The molecule has 0 aromatic carbocycles. The van der Waals surface area contributed by atoms with Crippen LogP contribution < -0.4 is 5.32 Å². The van der Waals surface area contributed by atoms with E-state index < -0.39 is 0 Å². The molecule has 1 N–H and O–H groups in total. The largest absolute Gasteiger partial charge is 0.383 e. The topological polar surface area (TPSA) is 89.3 Å². The molecular formula is C17H27N5O3. The van der Waals surface area contributed by atoms with Gasteiger partial charge in [0, 0.05) is 52.6 Å². The molecule has 1 aromatic rings. The average molecular weight is 349 g/mol. The van der Waals surface area contributed by atoms with E-state index >= 15 is 0 Å². The molecule has 3 heterocycles. The molecule has 2 aliphatic rings. The quantitative estimate of drug-likeness (QED) is 0.757. The summed E-state index contributed by atoms with van der Waals surface area (Å²) in [6, 6.07) is 0. The molecule has 1 atom stereocenters. The lowest BCUT2D eigenvalue weighted by molar-refractivity contribution is -0.129. The molecule has 1 saturated heterocycles. The summed E-state index contributed by atoms with van der Waals surface area (Å²) < 4.78 is 7.20. The van der Waals surface area contributed by atoms with Gasteiger partial charge in [-0.25, -0.2) is 0 Å². The smallest absolute Gasteiger partial charge is 0.225 e. The lowest BCUT2D eigenvalue weighted by Gasteiger charge is -2.15. The van der Waals surface area contributed by atoms with Gasteiger partial charge in [-0.2, -0.15) is 0 Å². The second-order valence-corrected chi connectivity index (χ2v) is 6.77. The Hall–Kier alpha value is -1.96. The van der Waals surface area contributed by atoms with Crippen molar-refractivity contribution in [2.24, 2.45) is 5.92 Å². The number of carbonyl (C=O) groups is 2. The number of hydrogen-bond donors (Lipinski definition) is 1. The van der Waals surface area contributed by atoms with E-state index in [1.54, 1.807) is 12.0 Å². The number of likely N-dealkylation sites (tertiary alicyclic amines) is 1. The van der Waals surface area contributed by atoms with Crippen LogP contribution in [0.25, 0.3) is 0 Å². The fourth-order valence-electron chi connectivity index (χ4n) is 3.54. The Morgan fingerprint density at radius 2 is 2.20 bits per heavy atom. The zero-order valence-electron chi connectivity index (χ0n) is 14.9. The molecular weight excluding hydrogens is 322 g/mol.